The summed E-state index contributed by atoms with van der Waals surface area (Å²) < 4.78 is 6.54. The SMILES string of the molecule is c1ccc(-c2ccc3c(c2)-c2ccccc2C3Nc2ccc3c(c2)oc2cc(-c4nc(-c5ccccc5)nc(-c5ccccc5)n4)ccc23)cc1. The van der Waals surface area contributed by atoms with Crippen molar-refractivity contribution in [1.82, 2.24) is 15.0 Å². The third kappa shape index (κ3) is 5.15. The number of hydrogen-bond acceptors (Lipinski definition) is 5. The largest absolute Gasteiger partial charge is 0.456 e. The van der Waals surface area contributed by atoms with E-state index in [1.807, 2.05) is 66.7 Å². The number of anilines is 1. The molecule has 2 heterocycles. The first-order valence-electron chi connectivity index (χ1n) is 17.1. The Hall–Kier alpha value is -6.85. The maximum atomic E-state index is 6.54. The smallest absolute Gasteiger partial charge is 0.164 e. The van der Waals surface area contributed by atoms with Crippen LogP contribution in [0.3, 0.4) is 0 Å². The van der Waals surface area contributed by atoms with Gasteiger partial charge in [0, 0.05) is 39.2 Å². The molecule has 1 aliphatic carbocycles. The summed E-state index contributed by atoms with van der Waals surface area (Å²) in [6.45, 7) is 0. The molecule has 1 aliphatic rings. The standard InChI is InChI=1S/C46H30N4O/c1-4-12-29(13-5-1)32-20-24-39-40(26-32)35-18-10-11-19-38(35)43(39)47-34-22-25-37-36-23-21-33(27-41(36)51-42(37)28-34)46-49-44(30-14-6-2-7-15-30)48-45(50-46)31-16-8-3-9-17-31/h1-28,43,47H. The van der Waals surface area contributed by atoms with Crippen molar-refractivity contribution < 1.29 is 4.42 Å². The Balaban J connectivity index is 1.01. The van der Waals surface area contributed by atoms with Gasteiger partial charge in [-0.15, -0.1) is 0 Å². The van der Waals surface area contributed by atoms with Crippen molar-refractivity contribution in [1.29, 1.82) is 0 Å². The number of furan rings is 1. The van der Waals surface area contributed by atoms with Gasteiger partial charge in [0.15, 0.2) is 17.5 Å². The van der Waals surface area contributed by atoms with Crippen LogP contribution in [0.4, 0.5) is 5.69 Å². The minimum absolute atomic E-state index is 0.0240. The maximum absolute atomic E-state index is 6.54. The molecule has 0 saturated heterocycles. The molecular formula is C46H30N4O. The van der Waals surface area contributed by atoms with Crippen molar-refractivity contribution in [3.05, 3.63) is 181 Å². The summed E-state index contributed by atoms with van der Waals surface area (Å²) in [5.74, 6) is 1.86. The molecule has 10 rings (SSSR count). The van der Waals surface area contributed by atoms with E-state index in [0.717, 1.165) is 44.3 Å². The lowest BCUT2D eigenvalue weighted by molar-refractivity contribution is 0.669. The lowest BCUT2D eigenvalue weighted by Gasteiger charge is -2.17. The molecule has 2 aromatic heterocycles. The van der Waals surface area contributed by atoms with E-state index in [1.165, 1.54) is 33.4 Å². The molecule has 0 bridgehead atoms. The van der Waals surface area contributed by atoms with E-state index in [-0.39, 0.29) is 6.04 Å². The molecule has 240 valence electrons. The second-order valence-corrected chi connectivity index (χ2v) is 12.9. The Kier molecular flexibility index (Phi) is 6.81. The molecule has 0 aliphatic heterocycles. The molecule has 0 spiro atoms. The van der Waals surface area contributed by atoms with E-state index >= 15 is 0 Å². The van der Waals surface area contributed by atoms with Crippen LogP contribution in [0.1, 0.15) is 17.2 Å². The summed E-state index contributed by atoms with van der Waals surface area (Å²) in [7, 11) is 0. The lowest BCUT2D eigenvalue weighted by Crippen LogP contribution is -2.09. The van der Waals surface area contributed by atoms with Crippen molar-refractivity contribution in [2.45, 2.75) is 6.04 Å². The molecule has 9 aromatic rings. The highest BCUT2D eigenvalue weighted by Gasteiger charge is 2.29. The van der Waals surface area contributed by atoms with E-state index in [4.69, 9.17) is 19.4 Å². The fourth-order valence-corrected chi connectivity index (χ4v) is 7.28. The lowest BCUT2D eigenvalue weighted by atomic mass is 9.98. The van der Waals surface area contributed by atoms with E-state index in [1.54, 1.807) is 0 Å². The van der Waals surface area contributed by atoms with Crippen LogP contribution >= 0.6 is 0 Å². The average Bonchev–Trinajstić information content (AvgIpc) is 3.73. The Bertz CT molecular complexity index is 2660. The van der Waals surface area contributed by atoms with E-state index in [0.29, 0.717) is 17.5 Å². The van der Waals surface area contributed by atoms with Crippen LogP contribution < -0.4 is 5.32 Å². The molecule has 0 radical (unpaired) electrons. The molecule has 0 amide bonds. The van der Waals surface area contributed by atoms with Gasteiger partial charge in [-0.3, -0.25) is 0 Å². The highest BCUT2D eigenvalue weighted by Crippen LogP contribution is 2.46. The number of hydrogen-bond donors (Lipinski definition) is 1. The maximum Gasteiger partial charge on any atom is 0.164 e. The van der Waals surface area contributed by atoms with Gasteiger partial charge in [-0.05, 0) is 63.7 Å². The third-order valence-corrected chi connectivity index (χ3v) is 9.78. The van der Waals surface area contributed by atoms with E-state index in [2.05, 4.69) is 108 Å². The summed E-state index contributed by atoms with van der Waals surface area (Å²) in [6.07, 6.45) is 0. The monoisotopic (exact) mass is 654 g/mol. The van der Waals surface area contributed by atoms with Gasteiger partial charge in [-0.2, -0.15) is 0 Å². The zero-order valence-electron chi connectivity index (χ0n) is 27.5. The second-order valence-electron chi connectivity index (χ2n) is 12.9. The van der Waals surface area contributed by atoms with Gasteiger partial charge in [0.25, 0.3) is 0 Å². The molecule has 1 atom stereocenters. The topological polar surface area (TPSA) is 63.8 Å². The Morgan fingerprint density at radius 3 is 1.61 bits per heavy atom. The van der Waals surface area contributed by atoms with Gasteiger partial charge in [-0.1, -0.05) is 133 Å². The van der Waals surface area contributed by atoms with Crippen LogP contribution in [-0.4, -0.2) is 15.0 Å². The zero-order chi connectivity index (χ0) is 33.7. The third-order valence-electron chi connectivity index (χ3n) is 9.78. The van der Waals surface area contributed by atoms with Crippen LogP contribution in [0.5, 0.6) is 0 Å². The van der Waals surface area contributed by atoms with Gasteiger partial charge in [0.05, 0.1) is 6.04 Å². The highest BCUT2D eigenvalue weighted by atomic mass is 16.3. The first-order valence-corrected chi connectivity index (χ1v) is 17.1. The first kappa shape index (κ1) is 29.1. The Morgan fingerprint density at radius 1 is 0.392 bits per heavy atom. The number of aromatic nitrogens is 3. The molecule has 5 nitrogen and oxygen atoms in total. The van der Waals surface area contributed by atoms with Crippen molar-refractivity contribution >= 4 is 27.6 Å². The number of fused-ring (bicyclic) bond motifs is 6. The fourth-order valence-electron chi connectivity index (χ4n) is 7.28. The van der Waals surface area contributed by atoms with Crippen molar-refractivity contribution in [2.24, 2.45) is 0 Å². The summed E-state index contributed by atoms with van der Waals surface area (Å²) >= 11 is 0. The first-order chi connectivity index (χ1) is 25.2. The minimum Gasteiger partial charge on any atom is -0.456 e. The molecular weight excluding hydrogens is 625 g/mol. The number of nitrogens with zero attached hydrogens (tertiary/aromatic N) is 3. The number of rotatable bonds is 6. The van der Waals surface area contributed by atoms with Crippen LogP contribution in [0.15, 0.2) is 174 Å². The zero-order valence-corrected chi connectivity index (χ0v) is 27.5. The fraction of sp³-hybridized carbons (Fsp3) is 0.0217. The van der Waals surface area contributed by atoms with Gasteiger partial charge >= 0.3 is 0 Å². The van der Waals surface area contributed by atoms with Gasteiger partial charge in [0.1, 0.15) is 11.2 Å². The van der Waals surface area contributed by atoms with Crippen LogP contribution in [-0.2, 0) is 0 Å². The summed E-state index contributed by atoms with van der Waals surface area (Å²) in [5.41, 5.74) is 12.9. The number of benzene rings is 7. The van der Waals surface area contributed by atoms with Crippen LogP contribution in [0.2, 0.25) is 0 Å². The van der Waals surface area contributed by atoms with Gasteiger partial charge in [-0.25, -0.2) is 15.0 Å². The molecule has 0 saturated carbocycles. The molecule has 5 heteroatoms. The summed E-state index contributed by atoms with van der Waals surface area (Å²) in [6, 6.07) is 58.8. The molecule has 1 unspecified atom stereocenters. The predicted octanol–water partition coefficient (Wildman–Crippen LogP) is 11.6. The van der Waals surface area contributed by atoms with Crippen molar-refractivity contribution in [3.63, 3.8) is 0 Å². The van der Waals surface area contributed by atoms with Crippen molar-refractivity contribution in [2.75, 3.05) is 5.32 Å². The normalized spacial score (nSPS) is 13.3. The summed E-state index contributed by atoms with van der Waals surface area (Å²) in [4.78, 5) is 14.7. The minimum atomic E-state index is 0.0240. The highest BCUT2D eigenvalue weighted by molar-refractivity contribution is 6.06. The Morgan fingerprint density at radius 2 is 0.922 bits per heavy atom. The molecule has 7 aromatic carbocycles. The number of nitrogens with one attached hydrogen (secondary N) is 1. The van der Waals surface area contributed by atoms with Crippen molar-refractivity contribution in [3.8, 4) is 56.4 Å². The van der Waals surface area contributed by atoms with Crippen LogP contribution in [0.25, 0.3) is 78.4 Å². The Labute approximate surface area is 294 Å². The molecule has 1 N–H and O–H groups in total. The van der Waals surface area contributed by atoms with E-state index < -0.39 is 0 Å². The average molecular weight is 655 g/mol. The van der Waals surface area contributed by atoms with Gasteiger partial charge < -0.3 is 9.73 Å². The van der Waals surface area contributed by atoms with E-state index in [9.17, 15) is 0 Å². The molecule has 51 heavy (non-hydrogen) atoms. The second kappa shape index (κ2) is 11.9. The summed E-state index contributed by atoms with van der Waals surface area (Å²) in [5, 5.41) is 5.95. The quantitative estimate of drug-likeness (QED) is 0.193. The van der Waals surface area contributed by atoms with Gasteiger partial charge in [0.2, 0.25) is 0 Å². The predicted molar refractivity (Wildman–Crippen MR) is 206 cm³/mol. The van der Waals surface area contributed by atoms with Crippen LogP contribution in [0, 0.1) is 0 Å². The molecule has 0 fully saturated rings.